The van der Waals surface area contributed by atoms with Gasteiger partial charge in [-0.1, -0.05) is 13.3 Å². The standard InChI is InChI=1S/C3H7.2C2H5O.Al/c1-3-2;2*1-2-3;/h1,3H2,2H3;2*2H2,1H3;/q;2*-1;+2. The summed E-state index contributed by atoms with van der Waals surface area (Å²) in [5, 5.41) is 1.14. The van der Waals surface area contributed by atoms with Crippen LogP contribution in [-0.2, 0) is 7.58 Å². The minimum Gasteiger partial charge on any atom is -0.479 e. The molecule has 0 saturated heterocycles. The first kappa shape index (κ1) is 10.5. The van der Waals surface area contributed by atoms with Crippen molar-refractivity contribution >= 4 is 14.8 Å². The van der Waals surface area contributed by atoms with Crippen LogP contribution in [0.25, 0.3) is 0 Å². The minimum absolute atomic E-state index is 0.802. The van der Waals surface area contributed by atoms with Crippen molar-refractivity contribution in [3.05, 3.63) is 0 Å². The Morgan fingerprint density at radius 1 is 1.00 bits per heavy atom. The maximum atomic E-state index is 5.44. The van der Waals surface area contributed by atoms with Crippen molar-refractivity contribution < 1.29 is 7.58 Å². The second kappa shape index (κ2) is 7.56. The van der Waals surface area contributed by atoms with Gasteiger partial charge in [0.05, 0.1) is 0 Å². The summed E-state index contributed by atoms with van der Waals surface area (Å²) in [7, 11) is 0. The Balaban J connectivity index is 3.30. The highest BCUT2D eigenvalue weighted by atomic mass is 27.2. The highest BCUT2D eigenvalue weighted by Gasteiger charge is 2.21. The van der Waals surface area contributed by atoms with Gasteiger partial charge in [0.1, 0.15) is 0 Å². The summed E-state index contributed by atoms with van der Waals surface area (Å²) < 4.78 is 10.9. The predicted molar refractivity (Wildman–Crippen MR) is 44.1 cm³/mol. The van der Waals surface area contributed by atoms with E-state index in [-0.39, 0.29) is 0 Å². The first-order chi connectivity index (χ1) is 4.85. The maximum absolute atomic E-state index is 5.44. The molecule has 0 spiro atoms. The van der Waals surface area contributed by atoms with Crippen LogP contribution < -0.4 is 0 Å². The van der Waals surface area contributed by atoms with E-state index in [0.29, 0.717) is 0 Å². The van der Waals surface area contributed by atoms with E-state index in [4.69, 9.17) is 7.58 Å². The maximum Gasteiger partial charge on any atom is 0.674 e. The molecule has 0 aliphatic heterocycles. The molecule has 0 amide bonds. The highest BCUT2D eigenvalue weighted by Crippen LogP contribution is 1.99. The number of hydrogen-bond donors (Lipinski definition) is 0. The van der Waals surface area contributed by atoms with Crippen LogP contribution >= 0.6 is 0 Å². The average molecular weight is 160 g/mol. The van der Waals surface area contributed by atoms with Crippen molar-refractivity contribution in [1.29, 1.82) is 0 Å². The van der Waals surface area contributed by atoms with Crippen LogP contribution in [0.5, 0.6) is 0 Å². The summed E-state index contributed by atoms with van der Waals surface area (Å²) in [5.74, 6) is 0. The van der Waals surface area contributed by atoms with Gasteiger partial charge in [0, 0.05) is 13.2 Å². The van der Waals surface area contributed by atoms with Crippen LogP contribution in [-0.4, -0.2) is 28.0 Å². The molecule has 0 atom stereocenters. The quantitative estimate of drug-likeness (QED) is 0.553. The minimum atomic E-state index is -1.23. The summed E-state index contributed by atoms with van der Waals surface area (Å²) in [6, 6.07) is 0. The lowest BCUT2D eigenvalue weighted by atomic mass is 10.6. The lowest BCUT2D eigenvalue weighted by molar-refractivity contribution is 0.213. The Labute approximate surface area is 68.6 Å². The van der Waals surface area contributed by atoms with Gasteiger partial charge < -0.3 is 7.58 Å². The van der Waals surface area contributed by atoms with Crippen LogP contribution in [0, 0.1) is 0 Å². The molecule has 60 valence electrons. The molecule has 0 aliphatic rings. The van der Waals surface area contributed by atoms with Crippen LogP contribution in [0.1, 0.15) is 27.2 Å². The SMILES string of the molecule is CC[CH2][Al]([O]CC)[O]CC. The van der Waals surface area contributed by atoms with E-state index in [0.717, 1.165) is 18.5 Å². The molecule has 0 radical (unpaired) electrons. The molecule has 3 heteroatoms. The fourth-order valence-corrected chi connectivity index (χ4v) is 2.47. The normalized spacial score (nSPS) is 9.90. The van der Waals surface area contributed by atoms with Crippen molar-refractivity contribution in [2.75, 3.05) is 13.2 Å². The summed E-state index contributed by atoms with van der Waals surface area (Å²) in [6.07, 6.45) is 1.18. The zero-order chi connectivity index (χ0) is 7.82. The van der Waals surface area contributed by atoms with Crippen molar-refractivity contribution in [2.45, 2.75) is 32.5 Å². The van der Waals surface area contributed by atoms with Crippen molar-refractivity contribution in [3.63, 3.8) is 0 Å². The molecule has 0 heterocycles. The monoisotopic (exact) mass is 160 g/mol. The molecule has 0 bridgehead atoms. The molecule has 0 aromatic rings. The van der Waals surface area contributed by atoms with Gasteiger partial charge in [-0.3, -0.25) is 0 Å². The van der Waals surface area contributed by atoms with Gasteiger partial charge in [-0.25, -0.2) is 0 Å². The second-order valence-electron chi connectivity index (χ2n) is 2.13. The zero-order valence-electron chi connectivity index (χ0n) is 7.22. The Bertz CT molecular complexity index is 54.4. The van der Waals surface area contributed by atoms with E-state index >= 15 is 0 Å². The first-order valence-electron chi connectivity index (χ1n) is 4.08. The molecule has 0 aromatic carbocycles. The fraction of sp³-hybridized carbons (Fsp3) is 1.00. The summed E-state index contributed by atoms with van der Waals surface area (Å²) in [5.41, 5.74) is 0. The largest absolute Gasteiger partial charge is 0.674 e. The Hall–Kier alpha value is 0.452. The third kappa shape index (κ3) is 5.25. The second-order valence-corrected chi connectivity index (χ2v) is 4.23. The number of hydrogen-bond acceptors (Lipinski definition) is 2. The van der Waals surface area contributed by atoms with E-state index in [2.05, 4.69) is 6.92 Å². The lowest BCUT2D eigenvalue weighted by Gasteiger charge is -2.08. The van der Waals surface area contributed by atoms with Crippen LogP contribution in [0.15, 0.2) is 0 Å². The molecular weight excluding hydrogens is 143 g/mol. The van der Waals surface area contributed by atoms with Crippen LogP contribution in [0.4, 0.5) is 0 Å². The van der Waals surface area contributed by atoms with Gasteiger partial charge >= 0.3 is 14.8 Å². The smallest absolute Gasteiger partial charge is 0.479 e. The zero-order valence-corrected chi connectivity index (χ0v) is 8.38. The highest BCUT2D eigenvalue weighted by molar-refractivity contribution is 6.44. The van der Waals surface area contributed by atoms with Crippen molar-refractivity contribution in [1.82, 2.24) is 0 Å². The summed E-state index contributed by atoms with van der Waals surface area (Å²) in [4.78, 5) is 0. The van der Waals surface area contributed by atoms with Crippen LogP contribution in [0.2, 0.25) is 5.28 Å². The van der Waals surface area contributed by atoms with E-state index < -0.39 is 14.8 Å². The Morgan fingerprint density at radius 2 is 1.50 bits per heavy atom. The third-order valence-electron chi connectivity index (χ3n) is 1.23. The molecular formula is C7H17AlO2. The Morgan fingerprint density at radius 3 is 1.80 bits per heavy atom. The molecule has 0 fully saturated rings. The molecule has 0 aromatic heterocycles. The van der Waals surface area contributed by atoms with Crippen molar-refractivity contribution in [3.8, 4) is 0 Å². The van der Waals surface area contributed by atoms with Gasteiger partial charge in [0.2, 0.25) is 0 Å². The molecule has 0 unspecified atom stereocenters. The van der Waals surface area contributed by atoms with E-state index in [9.17, 15) is 0 Å². The van der Waals surface area contributed by atoms with E-state index in [1.54, 1.807) is 0 Å². The molecule has 0 N–H and O–H groups in total. The van der Waals surface area contributed by atoms with Gasteiger partial charge in [0.25, 0.3) is 0 Å². The topological polar surface area (TPSA) is 18.5 Å². The molecule has 10 heavy (non-hydrogen) atoms. The van der Waals surface area contributed by atoms with Gasteiger partial charge in [-0.05, 0) is 19.1 Å². The summed E-state index contributed by atoms with van der Waals surface area (Å²) >= 11 is -1.23. The van der Waals surface area contributed by atoms with Crippen LogP contribution in [0.3, 0.4) is 0 Å². The van der Waals surface area contributed by atoms with E-state index in [1.807, 2.05) is 13.8 Å². The molecule has 0 aliphatic carbocycles. The summed E-state index contributed by atoms with van der Waals surface area (Å²) in [6.45, 7) is 7.81. The third-order valence-corrected chi connectivity index (χ3v) is 3.69. The fourth-order valence-electron chi connectivity index (χ4n) is 0.822. The first-order valence-corrected chi connectivity index (χ1v) is 5.84. The van der Waals surface area contributed by atoms with E-state index in [1.165, 1.54) is 6.42 Å². The number of rotatable bonds is 6. The van der Waals surface area contributed by atoms with Gasteiger partial charge in [-0.2, -0.15) is 0 Å². The molecule has 0 saturated carbocycles. The van der Waals surface area contributed by atoms with Gasteiger partial charge in [0.15, 0.2) is 0 Å². The van der Waals surface area contributed by atoms with Crippen molar-refractivity contribution in [2.24, 2.45) is 0 Å². The van der Waals surface area contributed by atoms with Gasteiger partial charge in [-0.15, -0.1) is 0 Å². The molecule has 0 rings (SSSR count). The Kier molecular flexibility index (Phi) is 7.90. The average Bonchev–Trinajstić information content (AvgIpc) is 1.90. The molecule has 2 nitrogen and oxygen atoms in total. The lowest BCUT2D eigenvalue weighted by Crippen LogP contribution is -2.22. The predicted octanol–water partition coefficient (Wildman–Crippen LogP) is 1.96.